The van der Waals surface area contributed by atoms with Gasteiger partial charge in [0.25, 0.3) is 0 Å². The number of rotatable bonds is 1. The predicted octanol–water partition coefficient (Wildman–Crippen LogP) is 2.33. The van der Waals surface area contributed by atoms with E-state index in [0.717, 1.165) is 33.3 Å². The maximum atomic E-state index is 12.1. The summed E-state index contributed by atoms with van der Waals surface area (Å²) >= 11 is 0. The minimum absolute atomic E-state index is 0.256. The van der Waals surface area contributed by atoms with Gasteiger partial charge in [-0.25, -0.2) is 14.5 Å². The molecule has 0 aliphatic carbocycles. The summed E-state index contributed by atoms with van der Waals surface area (Å²) in [5, 5.41) is 7.64. The van der Waals surface area contributed by atoms with Crippen LogP contribution in [0.2, 0.25) is 0 Å². The van der Waals surface area contributed by atoms with Crippen molar-refractivity contribution < 1.29 is 0 Å². The van der Waals surface area contributed by atoms with Gasteiger partial charge in [-0.2, -0.15) is 5.10 Å². The Hall–Kier alpha value is -3.25. The first kappa shape index (κ1) is 14.1. The molecule has 4 aromatic rings. The fraction of sp³-hybridized carbons (Fsp3) is 0.105. The number of fused-ring (bicyclic) bond motifs is 4. The monoisotopic (exact) mass is 329 g/mol. The van der Waals surface area contributed by atoms with Crippen LogP contribution in [0.15, 0.2) is 59.5 Å². The van der Waals surface area contributed by atoms with E-state index in [-0.39, 0.29) is 11.7 Å². The fourth-order valence-corrected chi connectivity index (χ4v) is 3.61. The number of H-pyrrole nitrogens is 1. The van der Waals surface area contributed by atoms with Gasteiger partial charge in [0.15, 0.2) is 5.82 Å². The maximum absolute atomic E-state index is 12.1. The maximum Gasteiger partial charge on any atom is 0.347 e. The van der Waals surface area contributed by atoms with Crippen LogP contribution in [-0.2, 0) is 6.42 Å². The van der Waals surface area contributed by atoms with E-state index in [1.54, 1.807) is 10.8 Å². The molecule has 3 N–H and O–H groups in total. The molecule has 0 radical (unpaired) electrons. The summed E-state index contributed by atoms with van der Waals surface area (Å²) in [7, 11) is 0. The van der Waals surface area contributed by atoms with Crippen molar-refractivity contribution in [3.05, 3.63) is 76.6 Å². The number of hydrogen-bond donors (Lipinski definition) is 2. The summed E-state index contributed by atoms with van der Waals surface area (Å²) in [6, 6.07) is 15.9. The molecule has 1 aliphatic heterocycles. The van der Waals surface area contributed by atoms with Crippen LogP contribution in [0.1, 0.15) is 17.4 Å². The van der Waals surface area contributed by atoms with E-state index in [1.807, 2.05) is 30.3 Å². The molecular weight excluding hydrogens is 314 g/mol. The smallest absolute Gasteiger partial charge is 0.321 e. The molecular formula is C19H15N5O. The molecule has 0 saturated carbocycles. The van der Waals surface area contributed by atoms with Gasteiger partial charge in [0.05, 0.1) is 17.2 Å². The quantitative estimate of drug-likeness (QED) is 0.561. The summed E-state index contributed by atoms with van der Waals surface area (Å²) in [5.41, 5.74) is 11.0. The molecule has 1 aliphatic rings. The van der Waals surface area contributed by atoms with Crippen LogP contribution in [0.4, 0.5) is 0 Å². The first-order valence-electron chi connectivity index (χ1n) is 8.13. The van der Waals surface area contributed by atoms with E-state index in [1.165, 1.54) is 0 Å². The number of aromatic amines is 1. The van der Waals surface area contributed by atoms with Gasteiger partial charge in [-0.1, -0.05) is 24.3 Å². The Morgan fingerprint density at radius 3 is 3.00 bits per heavy atom. The van der Waals surface area contributed by atoms with Crippen molar-refractivity contribution in [1.29, 1.82) is 0 Å². The Bertz CT molecular complexity index is 1170. The Labute approximate surface area is 142 Å². The van der Waals surface area contributed by atoms with Crippen molar-refractivity contribution in [2.75, 3.05) is 0 Å². The first-order valence-corrected chi connectivity index (χ1v) is 8.13. The standard InChI is InChI=1S/C19H15N5O/c20-15-10-12-9-11(6-7-17(12)24-18(15)22-23-19(24)25)13-3-1-5-16-14(13)4-2-8-21-16/h1-9,15H,10,20H2,(H,23,25). The second kappa shape index (κ2) is 5.12. The van der Waals surface area contributed by atoms with Gasteiger partial charge in [0, 0.05) is 11.6 Å². The summed E-state index contributed by atoms with van der Waals surface area (Å²) in [6.45, 7) is 0. The van der Waals surface area contributed by atoms with E-state index in [2.05, 4.69) is 33.4 Å². The first-order chi connectivity index (χ1) is 12.2. The van der Waals surface area contributed by atoms with Crippen LogP contribution in [0, 0.1) is 0 Å². The predicted molar refractivity (Wildman–Crippen MR) is 95.6 cm³/mol. The molecule has 3 heterocycles. The molecule has 2 aromatic heterocycles. The van der Waals surface area contributed by atoms with Gasteiger partial charge in [-0.3, -0.25) is 4.98 Å². The molecule has 0 saturated heterocycles. The van der Waals surface area contributed by atoms with E-state index < -0.39 is 0 Å². The number of nitrogens with two attached hydrogens (primary N) is 1. The molecule has 6 nitrogen and oxygen atoms in total. The van der Waals surface area contributed by atoms with E-state index >= 15 is 0 Å². The molecule has 0 bridgehead atoms. The minimum Gasteiger partial charge on any atom is -0.321 e. The average molecular weight is 329 g/mol. The van der Waals surface area contributed by atoms with Gasteiger partial charge in [-0.15, -0.1) is 0 Å². The number of nitrogens with one attached hydrogen (secondary N) is 1. The van der Waals surface area contributed by atoms with E-state index in [4.69, 9.17) is 5.73 Å². The summed E-state index contributed by atoms with van der Waals surface area (Å²) in [4.78, 5) is 16.5. The normalized spacial score (nSPS) is 15.8. The van der Waals surface area contributed by atoms with Crippen LogP contribution in [0.25, 0.3) is 27.7 Å². The molecule has 1 atom stereocenters. The van der Waals surface area contributed by atoms with Gasteiger partial charge in [-0.05, 0) is 47.4 Å². The van der Waals surface area contributed by atoms with Gasteiger partial charge >= 0.3 is 5.69 Å². The highest BCUT2D eigenvalue weighted by Gasteiger charge is 2.26. The van der Waals surface area contributed by atoms with Crippen molar-refractivity contribution >= 4 is 10.9 Å². The van der Waals surface area contributed by atoms with Gasteiger partial charge in [0.2, 0.25) is 0 Å². The third-order valence-electron chi connectivity index (χ3n) is 4.75. The molecule has 6 heteroatoms. The number of benzene rings is 2. The lowest BCUT2D eigenvalue weighted by Crippen LogP contribution is -2.28. The summed E-state index contributed by atoms with van der Waals surface area (Å²) in [5.74, 6) is 0.583. The molecule has 0 spiro atoms. The zero-order chi connectivity index (χ0) is 17.0. The second-order valence-corrected chi connectivity index (χ2v) is 6.25. The molecule has 122 valence electrons. The molecule has 5 rings (SSSR count). The lowest BCUT2D eigenvalue weighted by molar-refractivity contribution is 0.619. The van der Waals surface area contributed by atoms with Crippen LogP contribution in [0.5, 0.6) is 0 Å². The highest BCUT2D eigenvalue weighted by molar-refractivity contribution is 5.94. The third-order valence-corrected chi connectivity index (χ3v) is 4.75. The molecule has 0 fully saturated rings. The highest BCUT2D eigenvalue weighted by Crippen LogP contribution is 2.33. The number of nitrogens with zero attached hydrogens (tertiary/aromatic N) is 3. The average Bonchev–Trinajstić information content (AvgIpc) is 3.03. The molecule has 0 amide bonds. The molecule has 2 aromatic carbocycles. The number of aromatic nitrogens is 4. The third kappa shape index (κ3) is 2.04. The molecule has 25 heavy (non-hydrogen) atoms. The zero-order valence-corrected chi connectivity index (χ0v) is 13.3. The number of hydrogen-bond acceptors (Lipinski definition) is 4. The van der Waals surface area contributed by atoms with Crippen molar-refractivity contribution in [1.82, 2.24) is 19.7 Å². The van der Waals surface area contributed by atoms with Gasteiger partial charge in [0.1, 0.15) is 0 Å². The summed E-state index contributed by atoms with van der Waals surface area (Å²) < 4.78 is 1.57. The van der Waals surface area contributed by atoms with Crippen LogP contribution in [0.3, 0.4) is 0 Å². The van der Waals surface area contributed by atoms with Crippen molar-refractivity contribution in [3.8, 4) is 16.8 Å². The largest absolute Gasteiger partial charge is 0.347 e. The van der Waals surface area contributed by atoms with Crippen molar-refractivity contribution in [2.45, 2.75) is 12.5 Å². The Morgan fingerprint density at radius 2 is 2.08 bits per heavy atom. The Morgan fingerprint density at radius 1 is 1.16 bits per heavy atom. The zero-order valence-electron chi connectivity index (χ0n) is 13.3. The highest BCUT2D eigenvalue weighted by atomic mass is 16.1. The van der Waals surface area contributed by atoms with Gasteiger partial charge < -0.3 is 5.73 Å². The SMILES string of the molecule is NC1Cc2cc(-c3cccc4ncccc34)ccc2-n2c1n[nH]c2=O. The minimum atomic E-state index is -0.295. The van der Waals surface area contributed by atoms with Crippen LogP contribution >= 0.6 is 0 Å². The number of pyridine rings is 1. The van der Waals surface area contributed by atoms with Crippen molar-refractivity contribution in [2.24, 2.45) is 5.73 Å². The van der Waals surface area contributed by atoms with E-state index in [0.29, 0.717) is 12.2 Å². The van der Waals surface area contributed by atoms with E-state index in [9.17, 15) is 4.79 Å². The lowest BCUT2D eigenvalue weighted by Gasteiger charge is -2.22. The van der Waals surface area contributed by atoms with Crippen LogP contribution in [-0.4, -0.2) is 19.7 Å². The second-order valence-electron chi connectivity index (χ2n) is 6.25. The molecule has 1 unspecified atom stereocenters. The Balaban J connectivity index is 1.73. The fourth-order valence-electron chi connectivity index (χ4n) is 3.61. The topological polar surface area (TPSA) is 89.6 Å². The van der Waals surface area contributed by atoms with Crippen LogP contribution < -0.4 is 11.4 Å². The Kier molecular flexibility index (Phi) is 2.89. The van der Waals surface area contributed by atoms with Crippen molar-refractivity contribution in [3.63, 3.8) is 0 Å². The summed E-state index contributed by atoms with van der Waals surface area (Å²) in [6.07, 6.45) is 2.45. The lowest BCUT2D eigenvalue weighted by atomic mass is 9.93.